The second-order valence-electron chi connectivity index (χ2n) is 6.85. The van der Waals surface area contributed by atoms with Crippen LogP contribution in [0.5, 0.6) is 0 Å². The summed E-state index contributed by atoms with van der Waals surface area (Å²) >= 11 is 0. The summed E-state index contributed by atoms with van der Waals surface area (Å²) < 4.78 is 4.97. The quantitative estimate of drug-likeness (QED) is 0.843. The van der Waals surface area contributed by atoms with Crippen LogP contribution in [-0.4, -0.2) is 25.7 Å². The zero-order chi connectivity index (χ0) is 15.3. The average Bonchev–Trinajstić information content (AvgIpc) is 2.47. The monoisotopic (exact) mass is 289 g/mol. The molecule has 0 aromatic heterocycles. The molecule has 2 unspecified atom stereocenters. The van der Waals surface area contributed by atoms with E-state index in [1.807, 2.05) is 30.3 Å². The number of carbonyl (C=O) groups excluding carboxylic acids is 1. The summed E-state index contributed by atoms with van der Waals surface area (Å²) in [5.41, 5.74) is 1.43. The van der Waals surface area contributed by atoms with Crippen LogP contribution in [0.25, 0.3) is 0 Å². The number of ether oxygens (including phenoxy) is 1. The second kappa shape index (κ2) is 7.08. The van der Waals surface area contributed by atoms with Crippen LogP contribution in [0.15, 0.2) is 30.3 Å². The summed E-state index contributed by atoms with van der Waals surface area (Å²) in [4.78, 5) is 12.1. The highest BCUT2D eigenvalue weighted by atomic mass is 16.5. The minimum Gasteiger partial charge on any atom is -0.469 e. The summed E-state index contributed by atoms with van der Waals surface area (Å²) in [6, 6.07) is 10.4. The SMILES string of the molecule is COC(=O)C(CNC1CCCC(C)(C)C1)c1ccccc1. The first-order valence-corrected chi connectivity index (χ1v) is 7.88. The topological polar surface area (TPSA) is 38.3 Å². The third-order valence-corrected chi connectivity index (χ3v) is 4.50. The van der Waals surface area contributed by atoms with Crippen molar-refractivity contribution < 1.29 is 9.53 Å². The van der Waals surface area contributed by atoms with Crippen LogP contribution in [0.1, 0.15) is 51.0 Å². The van der Waals surface area contributed by atoms with E-state index in [4.69, 9.17) is 4.74 Å². The molecule has 0 heterocycles. The van der Waals surface area contributed by atoms with Crippen molar-refractivity contribution in [3.8, 4) is 0 Å². The number of hydrogen-bond acceptors (Lipinski definition) is 3. The predicted molar refractivity (Wildman–Crippen MR) is 85.2 cm³/mol. The van der Waals surface area contributed by atoms with Crippen molar-refractivity contribution in [3.63, 3.8) is 0 Å². The summed E-state index contributed by atoms with van der Waals surface area (Å²) in [6.45, 7) is 5.31. The van der Waals surface area contributed by atoms with Crippen molar-refractivity contribution in [3.05, 3.63) is 35.9 Å². The van der Waals surface area contributed by atoms with Crippen LogP contribution in [0.2, 0.25) is 0 Å². The van der Waals surface area contributed by atoms with Crippen LogP contribution < -0.4 is 5.32 Å². The molecule has 1 aromatic carbocycles. The first-order valence-electron chi connectivity index (χ1n) is 7.88. The number of benzene rings is 1. The minimum absolute atomic E-state index is 0.163. The highest BCUT2D eigenvalue weighted by molar-refractivity contribution is 5.78. The molecule has 1 aliphatic rings. The fourth-order valence-electron chi connectivity index (χ4n) is 3.32. The van der Waals surface area contributed by atoms with E-state index in [9.17, 15) is 4.79 Å². The molecule has 1 fully saturated rings. The molecule has 0 spiro atoms. The molecular formula is C18H27NO2. The lowest BCUT2D eigenvalue weighted by molar-refractivity contribution is -0.142. The van der Waals surface area contributed by atoms with Gasteiger partial charge in [-0.1, -0.05) is 50.6 Å². The zero-order valence-corrected chi connectivity index (χ0v) is 13.4. The molecule has 2 rings (SSSR count). The summed E-state index contributed by atoms with van der Waals surface area (Å²) in [7, 11) is 1.46. The Hall–Kier alpha value is -1.35. The van der Waals surface area contributed by atoms with Crippen LogP contribution >= 0.6 is 0 Å². The molecule has 0 radical (unpaired) electrons. The van der Waals surface area contributed by atoms with Crippen molar-refractivity contribution in [1.29, 1.82) is 0 Å². The lowest BCUT2D eigenvalue weighted by Crippen LogP contribution is -2.40. The van der Waals surface area contributed by atoms with Gasteiger partial charge < -0.3 is 10.1 Å². The number of esters is 1. The Kier molecular flexibility index (Phi) is 5.40. The Morgan fingerprint density at radius 1 is 1.38 bits per heavy atom. The molecular weight excluding hydrogens is 262 g/mol. The minimum atomic E-state index is -0.221. The summed E-state index contributed by atoms with van der Waals surface area (Å²) in [6.07, 6.45) is 4.94. The lowest BCUT2D eigenvalue weighted by atomic mass is 9.75. The molecule has 0 amide bonds. The Bertz CT molecular complexity index is 456. The third-order valence-electron chi connectivity index (χ3n) is 4.50. The maximum atomic E-state index is 12.1. The van der Waals surface area contributed by atoms with Crippen molar-refractivity contribution >= 4 is 5.97 Å². The normalized spacial score (nSPS) is 22.5. The van der Waals surface area contributed by atoms with Crippen LogP contribution in [-0.2, 0) is 9.53 Å². The fourth-order valence-corrected chi connectivity index (χ4v) is 3.32. The molecule has 0 bridgehead atoms. The van der Waals surface area contributed by atoms with E-state index < -0.39 is 0 Å². The Morgan fingerprint density at radius 3 is 2.71 bits per heavy atom. The summed E-state index contributed by atoms with van der Waals surface area (Å²) in [5.74, 6) is -0.384. The van der Waals surface area contributed by atoms with Gasteiger partial charge in [0.15, 0.2) is 0 Å². The van der Waals surface area contributed by atoms with Crippen LogP contribution in [0.4, 0.5) is 0 Å². The second-order valence-corrected chi connectivity index (χ2v) is 6.85. The number of rotatable bonds is 5. The van der Waals surface area contributed by atoms with E-state index in [2.05, 4.69) is 19.2 Å². The van der Waals surface area contributed by atoms with Gasteiger partial charge in [-0.05, 0) is 30.2 Å². The van der Waals surface area contributed by atoms with E-state index >= 15 is 0 Å². The Labute approximate surface area is 128 Å². The van der Waals surface area contributed by atoms with Gasteiger partial charge in [0.25, 0.3) is 0 Å². The number of nitrogens with one attached hydrogen (secondary N) is 1. The van der Waals surface area contributed by atoms with Crippen molar-refractivity contribution in [1.82, 2.24) is 5.32 Å². The van der Waals surface area contributed by atoms with Gasteiger partial charge in [-0.15, -0.1) is 0 Å². The van der Waals surface area contributed by atoms with Crippen molar-refractivity contribution in [2.75, 3.05) is 13.7 Å². The maximum Gasteiger partial charge on any atom is 0.314 e. The molecule has 3 nitrogen and oxygen atoms in total. The van der Waals surface area contributed by atoms with Crippen LogP contribution in [0.3, 0.4) is 0 Å². The van der Waals surface area contributed by atoms with Gasteiger partial charge in [-0.2, -0.15) is 0 Å². The molecule has 2 atom stereocenters. The van der Waals surface area contributed by atoms with Gasteiger partial charge in [0.1, 0.15) is 0 Å². The Balaban J connectivity index is 1.98. The zero-order valence-electron chi connectivity index (χ0n) is 13.4. The molecule has 3 heteroatoms. The number of carbonyl (C=O) groups is 1. The molecule has 0 saturated heterocycles. The van der Waals surface area contributed by atoms with E-state index in [0.29, 0.717) is 18.0 Å². The van der Waals surface area contributed by atoms with E-state index in [-0.39, 0.29) is 11.9 Å². The van der Waals surface area contributed by atoms with Crippen molar-refractivity contribution in [2.45, 2.75) is 51.5 Å². The van der Waals surface area contributed by atoms with E-state index in [1.54, 1.807) is 0 Å². The highest BCUT2D eigenvalue weighted by Gasteiger charge is 2.29. The van der Waals surface area contributed by atoms with Gasteiger partial charge >= 0.3 is 5.97 Å². The van der Waals surface area contributed by atoms with Crippen molar-refractivity contribution in [2.24, 2.45) is 5.41 Å². The first kappa shape index (κ1) is 16.0. The third kappa shape index (κ3) is 4.57. The van der Waals surface area contributed by atoms with Gasteiger partial charge in [0.2, 0.25) is 0 Å². The Morgan fingerprint density at radius 2 is 2.10 bits per heavy atom. The smallest absolute Gasteiger partial charge is 0.314 e. The standard InChI is InChI=1S/C18H27NO2/c1-18(2)11-7-10-15(12-18)19-13-16(17(20)21-3)14-8-5-4-6-9-14/h4-6,8-9,15-16,19H,7,10-13H2,1-3H3. The lowest BCUT2D eigenvalue weighted by Gasteiger charge is -2.36. The molecule has 1 saturated carbocycles. The number of hydrogen-bond donors (Lipinski definition) is 1. The average molecular weight is 289 g/mol. The van der Waals surface area contributed by atoms with E-state index in [0.717, 1.165) is 5.56 Å². The highest BCUT2D eigenvalue weighted by Crippen LogP contribution is 2.35. The summed E-state index contributed by atoms with van der Waals surface area (Å²) in [5, 5.41) is 3.59. The maximum absolute atomic E-state index is 12.1. The molecule has 116 valence electrons. The molecule has 0 aliphatic heterocycles. The van der Waals surface area contributed by atoms with Gasteiger partial charge in [0.05, 0.1) is 13.0 Å². The molecule has 21 heavy (non-hydrogen) atoms. The van der Waals surface area contributed by atoms with Gasteiger partial charge in [0, 0.05) is 12.6 Å². The fraction of sp³-hybridized carbons (Fsp3) is 0.611. The van der Waals surface area contributed by atoms with Gasteiger partial charge in [-0.25, -0.2) is 0 Å². The van der Waals surface area contributed by atoms with E-state index in [1.165, 1.54) is 32.8 Å². The molecule has 1 aromatic rings. The van der Waals surface area contributed by atoms with Gasteiger partial charge in [-0.3, -0.25) is 4.79 Å². The number of methoxy groups -OCH3 is 1. The molecule has 1 aliphatic carbocycles. The first-order chi connectivity index (χ1) is 10.0. The molecule has 1 N–H and O–H groups in total. The largest absolute Gasteiger partial charge is 0.469 e. The predicted octanol–water partition coefficient (Wildman–Crippen LogP) is 3.50. The van der Waals surface area contributed by atoms with Crippen LogP contribution in [0, 0.1) is 5.41 Å².